The highest BCUT2D eigenvalue weighted by atomic mass is 35.5. The molecule has 0 amide bonds. The van der Waals surface area contributed by atoms with Gasteiger partial charge in [0.05, 0.1) is 11.0 Å². The number of carboxylic acid groups (broad SMARTS) is 1. The zero-order valence-electron chi connectivity index (χ0n) is 10.5. The number of hydrogen-bond acceptors (Lipinski definition) is 2. The van der Waals surface area contributed by atoms with Crippen molar-refractivity contribution < 1.29 is 9.90 Å². The molecule has 1 heterocycles. The van der Waals surface area contributed by atoms with Crippen LogP contribution in [0.25, 0.3) is 11.0 Å². The lowest BCUT2D eigenvalue weighted by Crippen LogP contribution is -2.03. The van der Waals surface area contributed by atoms with Gasteiger partial charge in [0.25, 0.3) is 0 Å². The van der Waals surface area contributed by atoms with Gasteiger partial charge in [-0.2, -0.15) is 0 Å². The van der Waals surface area contributed by atoms with Crippen LogP contribution in [0.4, 0.5) is 0 Å². The van der Waals surface area contributed by atoms with Gasteiger partial charge in [-0.1, -0.05) is 11.6 Å². The molecule has 0 spiro atoms. The lowest BCUT2D eigenvalue weighted by atomic mass is 10.2. The molecular formula is C14H15ClN2O2. The van der Waals surface area contributed by atoms with Crippen LogP contribution in [0.2, 0.25) is 5.02 Å². The number of hydrogen-bond donors (Lipinski definition) is 1. The Labute approximate surface area is 116 Å². The summed E-state index contributed by atoms with van der Waals surface area (Å²) < 4.78 is 2.26. The summed E-state index contributed by atoms with van der Waals surface area (Å²) in [5, 5.41) is 9.40. The highest BCUT2D eigenvalue weighted by molar-refractivity contribution is 6.31. The van der Waals surface area contributed by atoms with E-state index in [1.54, 1.807) is 0 Å². The quantitative estimate of drug-likeness (QED) is 0.911. The van der Waals surface area contributed by atoms with Crippen molar-refractivity contribution in [3.63, 3.8) is 0 Å². The van der Waals surface area contributed by atoms with Crippen molar-refractivity contribution in [3.05, 3.63) is 29.0 Å². The molecule has 2 aromatic rings. The molecule has 0 unspecified atom stereocenters. The minimum absolute atomic E-state index is 0.189. The van der Waals surface area contributed by atoms with E-state index in [2.05, 4.69) is 9.55 Å². The van der Waals surface area contributed by atoms with Gasteiger partial charge in [-0.05, 0) is 37.5 Å². The molecular weight excluding hydrogens is 264 g/mol. The van der Waals surface area contributed by atoms with E-state index in [0.29, 0.717) is 23.9 Å². The summed E-state index contributed by atoms with van der Waals surface area (Å²) in [5.41, 5.74) is 2.02. The Hall–Kier alpha value is -1.55. The van der Waals surface area contributed by atoms with E-state index in [9.17, 15) is 4.79 Å². The summed E-state index contributed by atoms with van der Waals surface area (Å²) in [6.45, 7) is 0. The molecule has 1 fully saturated rings. The van der Waals surface area contributed by atoms with Crippen LogP contribution in [0.15, 0.2) is 18.2 Å². The molecule has 100 valence electrons. The van der Waals surface area contributed by atoms with Gasteiger partial charge in [0, 0.05) is 23.9 Å². The number of aliphatic carboxylic acids is 1. The predicted molar refractivity (Wildman–Crippen MR) is 73.6 cm³/mol. The van der Waals surface area contributed by atoms with Crippen molar-refractivity contribution in [2.45, 2.75) is 38.1 Å². The van der Waals surface area contributed by atoms with E-state index in [1.807, 2.05) is 18.2 Å². The lowest BCUT2D eigenvalue weighted by molar-refractivity contribution is -0.137. The van der Waals surface area contributed by atoms with Gasteiger partial charge in [0.2, 0.25) is 0 Å². The first kappa shape index (κ1) is 12.5. The fourth-order valence-electron chi connectivity index (χ4n) is 2.44. The summed E-state index contributed by atoms with van der Waals surface area (Å²) >= 11 is 5.99. The zero-order chi connectivity index (χ0) is 13.4. The number of rotatable bonds is 5. The summed E-state index contributed by atoms with van der Waals surface area (Å²) in [5.74, 6) is 0.234. The molecule has 1 aromatic carbocycles. The Balaban J connectivity index is 1.93. The normalized spacial score (nSPS) is 15.0. The Bertz CT molecular complexity index is 632. The van der Waals surface area contributed by atoms with Crippen molar-refractivity contribution in [1.29, 1.82) is 0 Å². The molecule has 4 nitrogen and oxygen atoms in total. The van der Waals surface area contributed by atoms with E-state index in [1.165, 1.54) is 12.8 Å². The number of benzene rings is 1. The SMILES string of the molecule is O=C(O)CCCc1nc2cc(Cl)ccc2n1C1CC1. The highest BCUT2D eigenvalue weighted by Gasteiger charge is 2.27. The van der Waals surface area contributed by atoms with Crippen molar-refractivity contribution in [2.24, 2.45) is 0 Å². The number of halogens is 1. The van der Waals surface area contributed by atoms with Crippen molar-refractivity contribution >= 4 is 28.6 Å². The second-order valence-electron chi connectivity index (χ2n) is 5.01. The fourth-order valence-corrected chi connectivity index (χ4v) is 2.60. The van der Waals surface area contributed by atoms with Gasteiger partial charge in [0.1, 0.15) is 5.82 Å². The average Bonchev–Trinajstić information content (AvgIpc) is 3.11. The number of carboxylic acids is 1. The van der Waals surface area contributed by atoms with Crippen LogP contribution >= 0.6 is 11.6 Å². The van der Waals surface area contributed by atoms with Gasteiger partial charge in [-0.3, -0.25) is 4.79 Å². The molecule has 1 aliphatic carbocycles. The smallest absolute Gasteiger partial charge is 0.303 e. The molecule has 0 saturated heterocycles. The number of fused-ring (bicyclic) bond motifs is 1. The van der Waals surface area contributed by atoms with Crippen LogP contribution < -0.4 is 0 Å². The average molecular weight is 279 g/mol. The topological polar surface area (TPSA) is 55.1 Å². The Morgan fingerprint density at radius 2 is 2.26 bits per heavy atom. The predicted octanol–water partition coefficient (Wildman–Crippen LogP) is 3.43. The van der Waals surface area contributed by atoms with Gasteiger partial charge in [-0.15, -0.1) is 0 Å². The monoisotopic (exact) mass is 278 g/mol. The van der Waals surface area contributed by atoms with Crippen LogP contribution in [0.1, 0.15) is 37.5 Å². The molecule has 0 radical (unpaired) electrons. The van der Waals surface area contributed by atoms with Gasteiger partial charge in [0.15, 0.2) is 0 Å². The van der Waals surface area contributed by atoms with E-state index >= 15 is 0 Å². The first-order valence-electron chi connectivity index (χ1n) is 6.53. The van der Waals surface area contributed by atoms with Crippen LogP contribution in [-0.2, 0) is 11.2 Å². The largest absolute Gasteiger partial charge is 0.481 e. The van der Waals surface area contributed by atoms with Gasteiger partial charge >= 0.3 is 5.97 Å². The second kappa shape index (κ2) is 4.85. The third-order valence-corrected chi connectivity index (χ3v) is 3.66. The van der Waals surface area contributed by atoms with Gasteiger partial charge < -0.3 is 9.67 Å². The standard InChI is InChI=1S/C14H15ClN2O2/c15-9-4-7-12-11(8-9)16-13(2-1-3-14(18)19)17(12)10-5-6-10/h4,7-8,10H,1-3,5-6H2,(H,18,19). The van der Waals surface area contributed by atoms with Crippen LogP contribution in [0, 0.1) is 0 Å². The Morgan fingerprint density at radius 3 is 2.95 bits per heavy atom. The number of imidazole rings is 1. The molecule has 1 aliphatic rings. The number of aromatic nitrogens is 2. The molecule has 1 aromatic heterocycles. The summed E-state index contributed by atoms with van der Waals surface area (Å²) in [6.07, 6.45) is 3.88. The van der Waals surface area contributed by atoms with Crippen molar-refractivity contribution in [2.75, 3.05) is 0 Å². The molecule has 0 aliphatic heterocycles. The number of carbonyl (C=O) groups is 1. The van der Waals surface area contributed by atoms with E-state index in [-0.39, 0.29) is 6.42 Å². The van der Waals surface area contributed by atoms with Crippen molar-refractivity contribution in [1.82, 2.24) is 9.55 Å². The number of aryl methyl sites for hydroxylation is 1. The molecule has 1 N–H and O–H groups in total. The summed E-state index contributed by atoms with van der Waals surface area (Å²) in [4.78, 5) is 15.2. The second-order valence-corrected chi connectivity index (χ2v) is 5.45. The van der Waals surface area contributed by atoms with E-state index in [0.717, 1.165) is 16.9 Å². The van der Waals surface area contributed by atoms with Gasteiger partial charge in [-0.25, -0.2) is 4.98 Å². The van der Waals surface area contributed by atoms with Crippen LogP contribution in [0.3, 0.4) is 0 Å². The molecule has 0 bridgehead atoms. The molecule has 5 heteroatoms. The van der Waals surface area contributed by atoms with Crippen molar-refractivity contribution in [3.8, 4) is 0 Å². The highest BCUT2D eigenvalue weighted by Crippen LogP contribution is 2.39. The maximum atomic E-state index is 10.6. The minimum Gasteiger partial charge on any atom is -0.481 e. The summed E-state index contributed by atoms with van der Waals surface area (Å²) in [6, 6.07) is 6.29. The van der Waals surface area contributed by atoms with E-state index < -0.39 is 5.97 Å². The Morgan fingerprint density at radius 1 is 1.47 bits per heavy atom. The zero-order valence-corrected chi connectivity index (χ0v) is 11.2. The Kier molecular flexibility index (Phi) is 3.19. The number of nitrogens with zero attached hydrogens (tertiary/aromatic N) is 2. The first-order valence-corrected chi connectivity index (χ1v) is 6.91. The molecule has 1 saturated carbocycles. The van der Waals surface area contributed by atoms with Crippen LogP contribution in [0.5, 0.6) is 0 Å². The molecule has 3 rings (SSSR count). The third-order valence-electron chi connectivity index (χ3n) is 3.43. The lowest BCUT2D eigenvalue weighted by Gasteiger charge is -2.06. The maximum Gasteiger partial charge on any atom is 0.303 e. The van der Waals surface area contributed by atoms with Crippen LogP contribution in [-0.4, -0.2) is 20.6 Å². The first-order chi connectivity index (χ1) is 9.15. The van der Waals surface area contributed by atoms with E-state index in [4.69, 9.17) is 16.7 Å². The third kappa shape index (κ3) is 2.59. The minimum atomic E-state index is -0.753. The molecule has 0 atom stereocenters. The molecule has 19 heavy (non-hydrogen) atoms. The summed E-state index contributed by atoms with van der Waals surface area (Å²) in [7, 11) is 0. The fraction of sp³-hybridized carbons (Fsp3) is 0.429. The maximum absolute atomic E-state index is 10.6.